The summed E-state index contributed by atoms with van der Waals surface area (Å²) in [7, 11) is -4.00. The van der Waals surface area contributed by atoms with Gasteiger partial charge in [0.15, 0.2) is 0 Å². The Morgan fingerprint density at radius 3 is 2.26 bits per heavy atom. The van der Waals surface area contributed by atoms with Crippen molar-refractivity contribution in [3.63, 3.8) is 0 Å². The largest absolute Gasteiger partial charge is 0.366 e. The molecule has 2 rings (SSSR count). The van der Waals surface area contributed by atoms with E-state index in [0.29, 0.717) is 4.47 Å². The number of halogens is 2. The van der Waals surface area contributed by atoms with Crippen LogP contribution in [0.25, 0.3) is 6.08 Å². The van der Waals surface area contributed by atoms with Gasteiger partial charge in [-0.05, 0) is 45.8 Å². The second-order valence-corrected chi connectivity index (χ2v) is 6.37. The molecule has 3 N–H and O–H groups in total. The lowest BCUT2D eigenvalue weighted by Crippen LogP contribution is -2.11. The lowest BCUT2D eigenvalue weighted by atomic mass is 10.2. The minimum absolute atomic E-state index is 0.284. The summed E-state index contributed by atoms with van der Waals surface area (Å²) in [6, 6.07) is 12.6. The van der Waals surface area contributed by atoms with E-state index in [4.69, 9.17) is 10.3 Å². The number of carbonyl (C=O) groups excluding carboxylic acids is 1. The number of rotatable bonds is 3. The van der Waals surface area contributed by atoms with Gasteiger partial charge in [0.1, 0.15) is 5.82 Å². The standard InChI is InChI=1S/C8H8O3S.C7H5BrFNO/c9-12(10,11)7-6-8-4-2-1-3-5-8;8-6-3-4(9)1-2-5(6)7(10)11/h1-7H,(H,9,10,11);1-3H,(H2,10,11). The predicted molar refractivity (Wildman–Crippen MR) is 89.6 cm³/mol. The summed E-state index contributed by atoms with van der Waals surface area (Å²) in [5, 5.41) is 0.752. The van der Waals surface area contributed by atoms with Crippen molar-refractivity contribution in [1.82, 2.24) is 0 Å². The van der Waals surface area contributed by atoms with Gasteiger partial charge >= 0.3 is 0 Å². The minimum Gasteiger partial charge on any atom is -0.366 e. The van der Waals surface area contributed by atoms with Crippen LogP contribution >= 0.6 is 15.9 Å². The fourth-order valence-corrected chi connectivity index (χ4v) is 2.29. The van der Waals surface area contributed by atoms with Gasteiger partial charge in [-0.25, -0.2) is 4.39 Å². The number of amides is 1. The molecule has 0 aliphatic rings. The lowest BCUT2D eigenvalue weighted by molar-refractivity contribution is 0.0999. The van der Waals surface area contributed by atoms with Gasteiger partial charge < -0.3 is 5.73 Å². The maximum Gasteiger partial charge on any atom is 0.287 e. The van der Waals surface area contributed by atoms with E-state index in [1.165, 1.54) is 24.3 Å². The van der Waals surface area contributed by atoms with E-state index < -0.39 is 21.8 Å². The Labute approximate surface area is 141 Å². The maximum atomic E-state index is 12.4. The van der Waals surface area contributed by atoms with E-state index in [0.717, 1.165) is 11.0 Å². The topological polar surface area (TPSA) is 97.5 Å². The third kappa shape index (κ3) is 7.68. The Balaban J connectivity index is 0.000000231. The van der Waals surface area contributed by atoms with Crippen LogP contribution in [-0.4, -0.2) is 18.9 Å². The highest BCUT2D eigenvalue weighted by Crippen LogP contribution is 2.16. The molecule has 8 heteroatoms. The second kappa shape index (κ2) is 8.56. The van der Waals surface area contributed by atoms with E-state index in [2.05, 4.69) is 15.9 Å². The minimum atomic E-state index is -4.00. The smallest absolute Gasteiger partial charge is 0.287 e. The summed E-state index contributed by atoms with van der Waals surface area (Å²) >= 11 is 3.01. The number of benzene rings is 2. The first-order valence-electron chi connectivity index (χ1n) is 6.14. The number of carbonyl (C=O) groups is 1. The molecular weight excluding hydrogens is 389 g/mol. The summed E-state index contributed by atoms with van der Waals surface area (Å²) < 4.78 is 41.7. The number of primary amides is 1. The van der Waals surface area contributed by atoms with Gasteiger partial charge in [0.2, 0.25) is 5.91 Å². The van der Waals surface area contributed by atoms with Crippen LogP contribution in [0.2, 0.25) is 0 Å². The monoisotopic (exact) mass is 401 g/mol. The molecule has 23 heavy (non-hydrogen) atoms. The van der Waals surface area contributed by atoms with Gasteiger partial charge in [0.05, 0.1) is 11.0 Å². The predicted octanol–water partition coefficient (Wildman–Crippen LogP) is 3.23. The summed E-state index contributed by atoms with van der Waals surface area (Å²) in [6.07, 6.45) is 1.33. The molecule has 0 radical (unpaired) electrons. The molecule has 0 atom stereocenters. The zero-order valence-corrected chi connectivity index (χ0v) is 14.1. The molecule has 0 bridgehead atoms. The molecule has 2 aromatic rings. The van der Waals surface area contributed by atoms with Crippen molar-refractivity contribution in [1.29, 1.82) is 0 Å². The van der Waals surface area contributed by atoms with Crippen LogP contribution in [-0.2, 0) is 10.1 Å². The van der Waals surface area contributed by atoms with Crippen LogP contribution in [0.5, 0.6) is 0 Å². The average molecular weight is 402 g/mol. The Morgan fingerprint density at radius 2 is 1.78 bits per heavy atom. The average Bonchev–Trinajstić information content (AvgIpc) is 2.46. The van der Waals surface area contributed by atoms with Gasteiger partial charge in [-0.3, -0.25) is 9.35 Å². The first-order chi connectivity index (χ1) is 10.7. The molecule has 0 aromatic heterocycles. The number of hydrogen-bond donors (Lipinski definition) is 2. The molecule has 0 spiro atoms. The quantitative estimate of drug-likeness (QED) is 0.771. The molecule has 0 fully saturated rings. The fourth-order valence-electron chi connectivity index (χ4n) is 1.42. The van der Waals surface area contributed by atoms with Crippen molar-refractivity contribution < 1.29 is 22.2 Å². The zero-order chi connectivity index (χ0) is 17.5. The van der Waals surface area contributed by atoms with Crippen LogP contribution in [0.3, 0.4) is 0 Å². The highest BCUT2D eigenvalue weighted by Gasteiger charge is 2.05. The molecule has 0 saturated heterocycles. The van der Waals surface area contributed by atoms with Gasteiger partial charge in [-0.15, -0.1) is 0 Å². The SMILES string of the molecule is NC(=O)c1ccc(F)cc1Br.O=S(=O)(O)C=Cc1ccccc1. The highest BCUT2D eigenvalue weighted by molar-refractivity contribution is 9.10. The van der Waals surface area contributed by atoms with Crippen molar-refractivity contribution in [2.24, 2.45) is 5.73 Å². The van der Waals surface area contributed by atoms with Crippen LogP contribution in [0.1, 0.15) is 15.9 Å². The summed E-state index contributed by atoms with van der Waals surface area (Å²) in [5.41, 5.74) is 5.99. The zero-order valence-electron chi connectivity index (χ0n) is 11.7. The molecule has 0 unspecified atom stereocenters. The van der Waals surface area contributed by atoms with Crippen LogP contribution in [0.4, 0.5) is 4.39 Å². The van der Waals surface area contributed by atoms with Crippen molar-refractivity contribution in [2.75, 3.05) is 0 Å². The first-order valence-corrected chi connectivity index (χ1v) is 8.44. The van der Waals surface area contributed by atoms with Crippen LogP contribution < -0.4 is 5.73 Å². The van der Waals surface area contributed by atoms with Gasteiger partial charge in [-0.1, -0.05) is 30.3 Å². The third-order valence-electron chi connectivity index (χ3n) is 2.43. The number of nitrogens with two attached hydrogens (primary N) is 1. The summed E-state index contributed by atoms with van der Waals surface area (Å²) in [6.45, 7) is 0. The van der Waals surface area contributed by atoms with Gasteiger partial charge in [0, 0.05) is 4.47 Å². The summed E-state index contributed by atoms with van der Waals surface area (Å²) in [5.74, 6) is -0.973. The van der Waals surface area contributed by atoms with Crippen molar-refractivity contribution in [2.45, 2.75) is 0 Å². The summed E-state index contributed by atoms with van der Waals surface area (Å²) in [4.78, 5) is 10.6. The van der Waals surface area contributed by atoms with Crippen LogP contribution in [0, 0.1) is 5.82 Å². The molecule has 122 valence electrons. The molecule has 0 saturated carbocycles. The second-order valence-electron chi connectivity index (χ2n) is 4.22. The first kappa shape index (κ1) is 19.0. The van der Waals surface area contributed by atoms with E-state index in [-0.39, 0.29) is 5.56 Å². The Bertz CT molecular complexity index is 807. The molecule has 0 aliphatic carbocycles. The Morgan fingerprint density at radius 1 is 1.17 bits per heavy atom. The normalized spacial score (nSPS) is 10.9. The Hall–Kier alpha value is -2.03. The van der Waals surface area contributed by atoms with Gasteiger partial charge in [-0.2, -0.15) is 8.42 Å². The molecule has 2 aromatic carbocycles. The third-order valence-corrected chi connectivity index (χ3v) is 3.56. The number of hydrogen-bond acceptors (Lipinski definition) is 3. The molecule has 5 nitrogen and oxygen atoms in total. The molecule has 1 amide bonds. The van der Waals surface area contributed by atoms with E-state index in [1.54, 1.807) is 24.3 Å². The van der Waals surface area contributed by atoms with Crippen LogP contribution in [0.15, 0.2) is 58.4 Å². The van der Waals surface area contributed by atoms with Gasteiger partial charge in [0.25, 0.3) is 10.1 Å². The maximum absolute atomic E-state index is 12.4. The Kier molecular flexibility index (Phi) is 7.08. The molecular formula is C15H13BrFNO4S. The highest BCUT2D eigenvalue weighted by atomic mass is 79.9. The van der Waals surface area contributed by atoms with E-state index in [1.807, 2.05) is 6.07 Å². The lowest BCUT2D eigenvalue weighted by Gasteiger charge is -1.97. The van der Waals surface area contributed by atoms with E-state index >= 15 is 0 Å². The van der Waals surface area contributed by atoms with Crippen molar-refractivity contribution >= 4 is 38.0 Å². The van der Waals surface area contributed by atoms with Crippen molar-refractivity contribution in [3.05, 3.63) is 75.4 Å². The molecule has 0 aliphatic heterocycles. The van der Waals surface area contributed by atoms with Crippen molar-refractivity contribution in [3.8, 4) is 0 Å². The fraction of sp³-hybridized carbons (Fsp3) is 0. The molecule has 0 heterocycles. The van der Waals surface area contributed by atoms with E-state index in [9.17, 15) is 17.6 Å².